The molecule has 2 rings (SSSR count). The van der Waals surface area contributed by atoms with Crippen LogP contribution in [-0.2, 0) is 0 Å². The van der Waals surface area contributed by atoms with Gasteiger partial charge in [-0.2, -0.15) is 0 Å². The second-order valence-electron chi connectivity index (χ2n) is 6.88. The van der Waals surface area contributed by atoms with E-state index in [2.05, 4.69) is 37.8 Å². The molecular formula is C17H27ClN2. The zero-order valence-corrected chi connectivity index (χ0v) is 13.7. The standard InChI is InChI=1S/C17H27ClN2/c1-13(19)16(14-7-4-5-8-15(14)18)20-11-6-9-17(2,3)10-12-20/h4-5,7-8,13,16H,6,9-12,19H2,1-3H3. The molecule has 0 saturated carbocycles. The van der Waals surface area contributed by atoms with Crippen LogP contribution >= 0.6 is 11.6 Å². The summed E-state index contributed by atoms with van der Waals surface area (Å²) in [5.41, 5.74) is 7.90. The lowest BCUT2D eigenvalue weighted by Crippen LogP contribution is -2.40. The largest absolute Gasteiger partial charge is 0.326 e. The molecule has 1 saturated heterocycles. The summed E-state index contributed by atoms with van der Waals surface area (Å²) in [7, 11) is 0. The number of benzene rings is 1. The lowest BCUT2D eigenvalue weighted by Gasteiger charge is -2.34. The highest BCUT2D eigenvalue weighted by Gasteiger charge is 2.30. The van der Waals surface area contributed by atoms with E-state index in [1.165, 1.54) is 24.8 Å². The van der Waals surface area contributed by atoms with Gasteiger partial charge in [-0.3, -0.25) is 4.90 Å². The predicted octanol–water partition coefficient (Wildman–Crippen LogP) is 4.24. The van der Waals surface area contributed by atoms with E-state index in [9.17, 15) is 0 Å². The van der Waals surface area contributed by atoms with Crippen molar-refractivity contribution in [3.63, 3.8) is 0 Å². The van der Waals surface area contributed by atoms with Crippen molar-refractivity contribution in [2.75, 3.05) is 13.1 Å². The van der Waals surface area contributed by atoms with Crippen LogP contribution in [0.3, 0.4) is 0 Å². The zero-order chi connectivity index (χ0) is 14.8. The molecule has 1 aromatic rings. The molecule has 0 bridgehead atoms. The Morgan fingerprint density at radius 2 is 1.90 bits per heavy atom. The van der Waals surface area contributed by atoms with Gasteiger partial charge in [0.25, 0.3) is 0 Å². The fourth-order valence-corrected chi connectivity index (χ4v) is 3.50. The van der Waals surface area contributed by atoms with Crippen molar-refractivity contribution in [1.82, 2.24) is 4.90 Å². The summed E-state index contributed by atoms with van der Waals surface area (Å²) in [4.78, 5) is 2.53. The maximum atomic E-state index is 6.40. The fraction of sp³-hybridized carbons (Fsp3) is 0.647. The Bertz CT molecular complexity index is 442. The monoisotopic (exact) mass is 294 g/mol. The van der Waals surface area contributed by atoms with Crippen LogP contribution in [0.25, 0.3) is 0 Å². The molecule has 0 amide bonds. The third kappa shape index (κ3) is 3.75. The minimum absolute atomic E-state index is 0.0797. The summed E-state index contributed by atoms with van der Waals surface area (Å²) in [6.07, 6.45) is 3.75. The fourth-order valence-electron chi connectivity index (χ4n) is 3.25. The van der Waals surface area contributed by atoms with Crippen molar-refractivity contribution >= 4 is 11.6 Å². The van der Waals surface area contributed by atoms with Gasteiger partial charge < -0.3 is 5.73 Å². The van der Waals surface area contributed by atoms with Crippen LogP contribution in [0.2, 0.25) is 5.02 Å². The molecule has 2 N–H and O–H groups in total. The molecule has 112 valence electrons. The number of nitrogens with two attached hydrogens (primary N) is 1. The number of halogens is 1. The molecule has 1 aliphatic heterocycles. The highest BCUT2D eigenvalue weighted by Crippen LogP contribution is 2.35. The summed E-state index contributed by atoms with van der Waals surface area (Å²) >= 11 is 6.40. The first kappa shape index (κ1) is 15.8. The molecule has 0 aliphatic carbocycles. The molecule has 1 heterocycles. The van der Waals surface area contributed by atoms with Gasteiger partial charge in [-0.25, -0.2) is 0 Å². The van der Waals surface area contributed by atoms with E-state index in [0.29, 0.717) is 5.41 Å². The molecule has 0 aromatic heterocycles. The van der Waals surface area contributed by atoms with Crippen molar-refractivity contribution in [3.05, 3.63) is 34.9 Å². The minimum Gasteiger partial charge on any atom is -0.326 e. The number of hydrogen-bond acceptors (Lipinski definition) is 2. The van der Waals surface area contributed by atoms with Crippen LogP contribution in [0.15, 0.2) is 24.3 Å². The number of hydrogen-bond donors (Lipinski definition) is 1. The van der Waals surface area contributed by atoms with Crippen LogP contribution in [0.4, 0.5) is 0 Å². The Labute approximate surface area is 128 Å². The van der Waals surface area contributed by atoms with E-state index >= 15 is 0 Å². The molecule has 3 heteroatoms. The summed E-state index contributed by atoms with van der Waals surface area (Å²) < 4.78 is 0. The lowest BCUT2D eigenvalue weighted by atomic mass is 9.85. The van der Waals surface area contributed by atoms with Crippen molar-refractivity contribution in [1.29, 1.82) is 0 Å². The van der Waals surface area contributed by atoms with Gasteiger partial charge in [-0.05, 0) is 56.3 Å². The van der Waals surface area contributed by atoms with Crippen molar-refractivity contribution in [2.24, 2.45) is 11.1 Å². The maximum Gasteiger partial charge on any atom is 0.0511 e. The maximum absolute atomic E-state index is 6.40. The topological polar surface area (TPSA) is 29.3 Å². The Morgan fingerprint density at radius 3 is 2.55 bits per heavy atom. The lowest BCUT2D eigenvalue weighted by molar-refractivity contribution is 0.176. The smallest absolute Gasteiger partial charge is 0.0511 e. The number of nitrogens with zero attached hydrogens (tertiary/aromatic N) is 1. The molecule has 2 atom stereocenters. The molecule has 1 fully saturated rings. The van der Waals surface area contributed by atoms with E-state index in [-0.39, 0.29) is 12.1 Å². The van der Waals surface area contributed by atoms with Crippen LogP contribution in [0.5, 0.6) is 0 Å². The van der Waals surface area contributed by atoms with Gasteiger partial charge in [0.15, 0.2) is 0 Å². The molecule has 2 nitrogen and oxygen atoms in total. The van der Waals surface area contributed by atoms with Crippen molar-refractivity contribution < 1.29 is 0 Å². The number of likely N-dealkylation sites (tertiary alicyclic amines) is 1. The first-order valence-corrected chi connectivity index (χ1v) is 8.02. The quantitative estimate of drug-likeness (QED) is 0.903. The van der Waals surface area contributed by atoms with E-state index < -0.39 is 0 Å². The van der Waals surface area contributed by atoms with E-state index in [1.54, 1.807) is 0 Å². The third-order valence-electron chi connectivity index (χ3n) is 4.49. The highest BCUT2D eigenvalue weighted by molar-refractivity contribution is 6.31. The molecule has 2 unspecified atom stereocenters. The van der Waals surface area contributed by atoms with E-state index in [1.807, 2.05) is 12.1 Å². The van der Waals surface area contributed by atoms with E-state index in [0.717, 1.165) is 18.1 Å². The molecule has 20 heavy (non-hydrogen) atoms. The number of rotatable bonds is 3. The molecule has 1 aromatic carbocycles. The second-order valence-corrected chi connectivity index (χ2v) is 7.29. The first-order valence-electron chi connectivity index (χ1n) is 7.65. The SMILES string of the molecule is CC(N)C(c1ccccc1Cl)N1CCCC(C)(C)CC1. The van der Waals surface area contributed by atoms with Gasteiger partial charge in [-0.15, -0.1) is 0 Å². The summed E-state index contributed by atoms with van der Waals surface area (Å²) in [6, 6.07) is 8.42. The van der Waals surface area contributed by atoms with E-state index in [4.69, 9.17) is 17.3 Å². The zero-order valence-electron chi connectivity index (χ0n) is 12.9. The molecule has 0 radical (unpaired) electrons. The molecular weight excluding hydrogens is 268 g/mol. The van der Waals surface area contributed by atoms with Crippen LogP contribution in [0, 0.1) is 5.41 Å². The van der Waals surface area contributed by atoms with Gasteiger partial charge in [0.05, 0.1) is 6.04 Å². The van der Waals surface area contributed by atoms with Crippen molar-refractivity contribution in [2.45, 2.75) is 52.1 Å². The van der Waals surface area contributed by atoms with Gasteiger partial charge in [0, 0.05) is 11.1 Å². The highest BCUT2D eigenvalue weighted by atomic mass is 35.5. The van der Waals surface area contributed by atoms with Gasteiger partial charge in [-0.1, -0.05) is 43.6 Å². The Hall–Kier alpha value is -0.570. The van der Waals surface area contributed by atoms with Crippen LogP contribution in [0.1, 0.15) is 51.6 Å². The van der Waals surface area contributed by atoms with Crippen LogP contribution in [-0.4, -0.2) is 24.0 Å². The van der Waals surface area contributed by atoms with Gasteiger partial charge >= 0.3 is 0 Å². The molecule has 1 aliphatic rings. The minimum atomic E-state index is 0.0797. The summed E-state index contributed by atoms with van der Waals surface area (Å²) in [5.74, 6) is 0. The predicted molar refractivity (Wildman–Crippen MR) is 87.0 cm³/mol. The molecule has 0 spiro atoms. The second kappa shape index (κ2) is 6.46. The normalized spacial score (nSPS) is 23.1. The Balaban J connectivity index is 2.23. The summed E-state index contributed by atoms with van der Waals surface area (Å²) in [6.45, 7) is 9.04. The summed E-state index contributed by atoms with van der Waals surface area (Å²) in [5, 5.41) is 0.832. The van der Waals surface area contributed by atoms with Gasteiger partial charge in [0.2, 0.25) is 0 Å². The third-order valence-corrected chi connectivity index (χ3v) is 4.83. The Morgan fingerprint density at radius 1 is 1.20 bits per heavy atom. The van der Waals surface area contributed by atoms with Crippen molar-refractivity contribution in [3.8, 4) is 0 Å². The average molecular weight is 295 g/mol. The first-order chi connectivity index (χ1) is 9.41. The van der Waals surface area contributed by atoms with Gasteiger partial charge in [0.1, 0.15) is 0 Å². The average Bonchev–Trinajstić information content (AvgIpc) is 2.53. The van der Waals surface area contributed by atoms with Crippen LogP contribution < -0.4 is 5.73 Å². The Kier molecular flexibility index (Phi) is 5.11.